The Kier molecular flexibility index (Phi) is 7.75. The topological polar surface area (TPSA) is 106 Å². The summed E-state index contributed by atoms with van der Waals surface area (Å²) in [4.78, 5) is 7.64. The van der Waals surface area contributed by atoms with E-state index < -0.39 is 7.60 Å². The molecule has 0 atom stereocenters. The third kappa shape index (κ3) is 7.70. The number of nitrogens with two attached hydrogens (primary N) is 1. The summed E-state index contributed by atoms with van der Waals surface area (Å²) in [5.41, 5.74) is 5.44. The normalized spacial score (nSPS) is 12.1. The first-order valence-corrected chi connectivity index (χ1v) is 8.78. The van der Waals surface area contributed by atoms with Crippen molar-refractivity contribution in [3.63, 3.8) is 0 Å². The monoisotopic (exact) mass is 333 g/mol. The van der Waals surface area contributed by atoms with E-state index in [4.69, 9.17) is 24.3 Å². The maximum Gasteiger partial charge on any atom is 0.356 e. The summed E-state index contributed by atoms with van der Waals surface area (Å²) >= 11 is 0. The van der Waals surface area contributed by atoms with Crippen LogP contribution in [0.2, 0.25) is 0 Å². The fraction of sp³-hybridized carbons (Fsp3) is 0.692. The Morgan fingerprint density at radius 1 is 1.18 bits per heavy atom. The SMILES string of the molecule is CC(C)OP(=O)(COCCOc1ccnc(N)n1)OC(C)C. The lowest BCUT2D eigenvalue weighted by atomic mass is 10.5. The second-order valence-corrected chi connectivity index (χ2v) is 6.96. The van der Waals surface area contributed by atoms with Crippen LogP contribution >= 0.6 is 7.60 Å². The molecule has 0 aliphatic heterocycles. The predicted molar refractivity (Wildman–Crippen MR) is 82.8 cm³/mol. The number of nitrogens with zero attached hydrogens (tertiary/aromatic N) is 2. The average Bonchev–Trinajstić information content (AvgIpc) is 2.36. The molecule has 2 N–H and O–H groups in total. The van der Waals surface area contributed by atoms with Crippen LogP contribution in [0.5, 0.6) is 5.88 Å². The summed E-state index contributed by atoms with van der Waals surface area (Å²) in [6.45, 7) is 7.62. The predicted octanol–water partition coefficient (Wildman–Crippen LogP) is 2.45. The summed E-state index contributed by atoms with van der Waals surface area (Å²) in [6, 6.07) is 1.59. The van der Waals surface area contributed by atoms with Crippen molar-refractivity contribution in [1.29, 1.82) is 0 Å². The second-order valence-electron chi connectivity index (χ2n) is 5.06. The molecule has 9 heteroatoms. The molecule has 8 nitrogen and oxygen atoms in total. The van der Waals surface area contributed by atoms with E-state index >= 15 is 0 Å². The largest absolute Gasteiger partial charge is 0.475 e. The summed E-state index contributed by atoms with van der Waals surface area (Å²) in [6.07, 6.45) is 0.944. The number of ether oxygens (including phenoxy) is 2. The van der Waals surface area contributed by atoms with Gasteiger partial charge < -0.3 is 24.3 Å². The number of aromatic nitrogens is 2. The van der Waals surface area contributed by atoms with Crippen LogP contribution in [0.25, 0.3) is 0 Å². The Hall–Kier alpha value is -1.21. The first kappa shape index (κ1) is 18.8. The van der Waals surface area contributed by atoms with Gasteiger partial charge in [0.2, 0.25) is 11.8 Å². The smallest absolute Gasteiger partial charge is 0.356 e. The number of hydrogen-bond donors (Lipinski definition) is 1. The zero-order chi connectivity index (χ0) is 16.6. The van der Waals surface area contributed by atoms with E-state index in [2.05, 4.69) is 9.97 Å². The van der Waals surface area contributed by atoms with Crippen molar-refractivity contribution in [2.75, 3.05) is 25.3 Å². The Morgan fingerprint density at radius 2 is 1.82 bits per heavy atom. The molecule has 1 heterocycles. The van der Waals surface area contributed by atoms with Crippen LogP contribution < -0.4 is 10.5 Å². The van der Waals surface area contributed by atoms with Crippen LogP contribution in [0.1, 0.15) is 27.7 Å². The highest BCUT2D eigenvalue weighted by Gasteiger charge is 2.28. The summed E-state index contributed by atoms with van der Waals surface area (Å²) in [5, 5.41) is 0. The molecule has 0 amide bonds. The van der Waals surface area contributed by atoms with Gasteiger partial charge in [-0.3, -0.25) is 4.57 Å². The maximum absolute atomic E-state index is 12.5. The van der Waals surface area contributed by atoms with E-state index in [-0.39, 0.29) is 37.7 Å². The van der Waals surface area contributed by atoms with Crippen LogP contribution in [0.15, 0.2) is 12.3 Å². The van der Waals surface area contributed by atoms with Gasteiger partial charge in [0.15, 0.2) is 0 Å². The van der Waals surface area contributed by atoms with Gasteiger partial charge >= 0.3 is 7.60 Å². The van der Waals surface area contributed by atoms with Crippen molar-refractivity contribution in [1.82, 2.24) is 9.97 Å². The highest BCUT2D eigenvalue weighted by molar-refractivity contribution is 7.53. The molecule has 1 rings (SSSR count). The van der Waals surface area contributed by atoms with Gasteiger partial charge in [-0.15, -0.1) is 0 Å². The van der Waals surface area contributed by atoms with Crippen LogP contribution in [0.3, 0.4) is 0 Å². The van der Waals surface area contributed by atoms with E-state index in [1.54, 1.807) is 33.8 Å². The molecule has 0 saturated heterocycles. The second kappa shape index (κ2) is 9.05. The lowest BCUT2D eigenvalue weighted by Gasteiger charge is -2.22. The lowest BCUT2D eigenvalue weighted by molar-refractivity contribution is 0.0844. The highest BCUT2D eigenvalue weighted by atomic mass is 31.2. The molecule has 1 aromatic rings. The Bertz CT molecular complexity index is 484. The third-order valence-electron chi connectivity index (χ3n) is 2.12. The van der Waals surface area contributed by atoms with Gasteiger partial charge in [-0.2, -0.15) is 4.98 Å². The van der Waals surface area contributed by atoms with Gasteiger partial charge in [0.1, 0.15) is 13.0 Å². The van der Waals surface area contributed by atoms with Crippen LogP contribution in [-0.2, 0) is 18.3 Å². The molecule has 0 fully saturated rings. The van der Waals surface area contributed by atoms with Crippen molar-refractivity contribution in [3.05, 3.63) is 12.3 Å². The van der Waals surface area contributed by atoms with Gasteiger partial charge in [0, 0.05) is 12.3 Å². The number of nitrogen functional groups attached to an aromatic ring is 1. The standard InChI is InChI=1S/C13H24N3O5P/c1-10(2)20-22(17,21-11(3)4)9-18-7-8-19-12-5-6-15-13(14)16-12/h5-6,10-11H,7-9H2,1-4H3,(H2,14,15,16). The molecular formula is C13H24N3O5P. The Labute approximate surface area is 130 Å². The number of hydrogen-bond acceptors (Lipinski definition) is 8. The molecule has 126 valence electrons. The Morgan fingerprint density at radius 3 is 2.36 bits per heavy atom. The minimum atomic E-state index is -3.27. The van der Waals surface area contributed by atoms with Crippen molar-refractivity contribution >= 4 is 13.5 Å². The van der Waals surface area contributed by atoms with Crippen molar-refractivity contribution in [2.24, 2.45) is 0 Å². The molecule has 0 saturated carbocycles. The van der Waals surface area contributed by atoms with Gasteiger partial charge in [0.25, 0.3) is 0 Å². The number of anilines is 1. The lowest BCUT2D eigenvalue weighted by Crippen LogP contribution is -2.14. The summed E-state index contributed by atoms with van der Waals surface area (Å²) < 4.78 is 33.9. The maximum atomic E-state index is 12.5. The molecule has 22 heavy (non-hydrogen) atoms. The molecule has 1 aromatic heterocycles. The van der Waals surface area contributed by atoms with Crippen molar-refractivity contribution in [2.45, 2.75) is 39.9 Å². The Balaban J connectivity index is 2.35. The summed E-state index contributed by atoms with van der Waals surface area (Å²) in [5.74, 6) is 0.495. The summed E-state index contributed by atoms with van der Waals surface area (Å²) in [7, 11) is -3.27. The minimum Gasteiger partial charge on any atom is -0.475 e. The molecule has 0 bridgehead atoms. The van der Waals surface area contributed by atoms with Gasteiger partial charge in [-0.05, 0) is 27.7 Å². The zero-order valence-corrected chi connectivity index (χ0v) is 14.3. The first-order valence-electron chi connectivity index (χ1n) is 7.05. The van der Waals surface area contributed by atoms with Gasteiger partial charge in [-0.25, -0.2) is 4.98 Å². The fourth-order valence-corrected chi connectivity index (χ4v) is 3.36. The van der Waals surface area contributed by atoms with Crippen molar-refractivity contribution < 1.29 is 23.1 Å². The molecule has 0 radical (unpaired) electrons. The van der Waals surface area contributed by atoms with E-state index in [1.807, 2.05) is 0 Å². The minimum absolute atomic E-state index is 0.126. The molecular weight excluding hydrogens is 309 g/mol. The molecule has 0 unspecified atom stereocenters. The zero-order valence-electron chi connectivity index (χ0n) is 13.4. The molecule has 0 aliphatic rings. The number of rotatable bonds is 10. The van der Waals surface area contributed by atoms with E-state index in [0.717, 1.165) is 0 Å². The van der Waals surface area contributed by atoms with Crippen molar-refractivity contribution in [3.8, 4) is 5.88 Å². The molecule has 0 spiro atoms. The van der Waals surface area contributed by atoms with Gasteiger partial charge in [-0.1, -0.05) is 0 Å². The van der Waals surface area contributed by atoms with Crippen LogP contribution in [0.4, 0.5) is 5.95 Å². The van der Waals surface area contributed by atoms with E-state index in [9.17, 15) is 4.57 Å². The quantitative estimate of drug-likeness (QED) is 0.514. The van der Waals surface area contributed by atoms with Crippen LogP contribution in [-0.4, -0.2) is 41.7 Å². The third-order valence-corrected chi connectivity index (χ3v) is 4.10. The van der Waals surface area contributed by atoms with Gasteiger partial charge in [0.05, 0.1) is 18.8 Å². The average molecular weight is 333 g/mol. The first-order chi connectivity index (χ1) is 10.3. The van der Waals surface area contributed by atoms with E-state index in [1.165, 1.54) is 6.20 Å². The van der Waals surface area contributed by atoms with Crippen LogP contribution in [0, 0.1) is 0 Å². The molecule has 0 aromatic carbocycles. The highest BCUT2D eigenvalue weighted by Crippen LogP contribution is 2.50. The van der Waals surface area contributed by atoms with E-state index in [0.29, 0.717) is 5.88 Å². The molecule has 0 aliphatic carbocycles. The fourth-order valence-electron chi connectivity index (χ4n) is 1.55.